The maximum absolute atomic E-state index is 8.78. The Bertz CT molecular complexity index is 628. The third kappa shape index (κ3) is 3.77. The number of benzene rings is 2. The standard InChI is InChI=1S/C14H10Cl2N2S2/c15-12-5-10(18-8-19)6-13(16)14(12)20-11-3-1-9(7-17)2-4-11/h1-6,18-19H,8H2. The van der Waals surface area contributed by atoms with Crippen LogP contribution in [0, 0.1) is 11.3 Å². The molecule has 2 nitrogen and oxygen atoms in total. The molecule has 0 amide bonds. The number of anilines is 1. The molecule has 1 N–H and O–H groups in total. The van der Waals surface area contributed by atoms with Crippen molar-refractivity contribution >= 4 is 53.3 Å². The van der Waals surface area contributed by atoms with E-state index in [2.05, 4.69) is 24.0 Å². The van der Waals surface area contributed by atoms with Crippen molar-refractivity contribution in [2.75, 3.05) is 11.2 Å². The average Bonchev–Trinajstić information content (AvgIpc) is 2.44. The average molecular weight is 341 g/mol. The first-order chi connectivity index (χ1) is 9.63. The summed E-state index contributed by atoms with van der Waals surface area (Å²) >= 11 is 18.1. The van der Waals surface area contributed by atoms with Gasteiger partial charge in [0.2, 0.25) is 0 Å². The Morgan fingerprint density at radius 3 is 2.25 bits per heavy atom. The zero-order chi connectivity index (χ0) is 14.5. The Labute approximate surface area is 137 Å². The highest BCUT2D eigenvalue weighted by molar-refractivity contribution is 7.99. The predicted octanol–water partition coefficient (Wildman–Crippen LogP) is 5.32. The molecule has 0 aliphatic rings. The van der Waals surface area contributed by atoms with Gasteiger partial charge in [-0.1, -0.05) is 35.0 Å². The number of rotatable bonds is 4. The van der Waals surface area contributed by atoms with Crippen LogP contribution in [0.15, 0.2) is 46.2 Å². The monoisotopic (exact) mass is 340 g/mol. The fourth-order valence-corrected chi connectivity index (χ4v) is 3.29. The minimum absolute atomic E-state index is 0.509. The number of nitrogens with one attached hydrogen (secondary N) is 1. The van der Waals surface area contributed by atoms with Crippen molar-refractivity contribution in [2.45, 2.75) is 9.79 Å². The molecule has 2 rings (SSSR count). The normalized spacial score (nSPS) is 10.1. The van der Waals surface area contributed by atoms with E-state index >= 15 is 0 Å². The molecule has 6 heteroatoms. The highest BCUT2D eigenvalue weighted by atomic mass is 35.5. The molecular weight excluding hydrogens is 331 g/mol. The van der Waals surface area contributed by atoms with Crippen LogP contribution < -0.4 is 5.32 Å². The summed E-state index contributed by atoms with van der Waals surface area (Å²) < 4.78 is 0. The highest BCUT2D eigenvalue weighted by Gasteiger charge is 2.10. The zero-order valence-electron chi connectivity index (χ0n) is 10.2. The Hall–Kier alpha value is -0.990. The van der Waals surface area contributed by atoms with Crippen LogP contribution in [0.3, 0.4) is 0 Å². The molecule has 0 heterocycles. The van der Waals surface area contributed by atoms with Crippen molar-refractivity contribution in [3.63, 3.8) is 0 Å². The van der Waals surface area contributed by atoms with Gasteiger partial charge < -0.3 is 5.32 Å². The van der Waals surface area contributed by atoms with Gasteiger partial charge in [0.25, 0.3) is 0 Å². The van der Waals surface area contributed by atoms with Crippen molar-refractivity contribution in [2.24, 2.45) is 0 Å². The lowest BCUT2D eigenvalue weighted by Crippen LogP contribution is -1.94. The van der Waals surface area contributed by atoms with E-state index in [1.54, 1.807) is 12.1 Å². The first-order valence-electron chi connectivity index (χ1n) is 5.66. The molecule has 0 unspecified atom stereocenters. The SMILES string of the molecule is N#Cc1ccc(Sc2c(Cl)cc(NCS)cc2Cl)cc1. The summed E-state index contributed by atoms with van der Waals surface area (Å²) in [6.07, 6.45) is 0. The van der Waals surface area contributed by atoms with E-state index in [1.807, 2.05) is 24.3 Å². The predicted molar refractivity (Wildman–Crippen MR) is 89.2 cm³/mol. The van der Waals surface area contributed by atoms with Crippen LogP contribution in [0.1, 0.15) is 5.56 Å². The first-order valence-corrected chi connectivity index (χ1v) is 7.86. The Balaban J connectivity index is 2.26. The minimum atomic E-state index is 0.509. The van der Waals surface area contributed by atoms with Gasteiger partial charge in [-0.15, -0.1) is 0 Å². The van der Waals surface area contributed by atoms with Gasteiger partial charge in [0, 0.05) is 15.5 Å². The molecule has 0 saturated carbocycles. The number of nitrogens with zero attached hydrogens (tertiary/aromatic N) is 1. The maximum Gasteiger partial charge on any atom is 0.0991 e. The fourth-order valence-electron chi connectivity index (χ4n) is 1.57. The van der Waals surface area contributed by atoms with E-state index in [0.717, 1.165) is 15.5 Å². The van der Waals surface area contributed by atoms with Crippen LogP contribution in [-0.2, 0) is 0 Å². The molecule has 0 saturated heterocycles. The highest BCUT2D eigenvalue weighted by Crippen LogP contribution is 2.40. The molecule has 2 aromatic carbocycles. The molecule has 20 heavy (non-hydrogen) atoms. The lowest BCUT2D eigenvalue weighted by Gasteiger charge is -2.10. The van der Waals surface area contributed by atoms with Gasteiger partial charge in [-0.05, 0) is 36.4 Å². The molecule has 0 spiro atoms. The Morgan fingerprint density at radius 2 is 1.75 bits per heavy atom. The quantitative estimate of drug-likeness (QED) is 0.584. The topological polar surface area (TPSA) is 35.8 Å². The van der Waals surface area contributed by atoms with E-state index in [-0.39, 0.29) is 0 Å². The second-order valence-corrected chi connectivity index (χ2v) is 6.06. The lowest BCUT2D eigenvalue weighted by molar-refractivity contribution is 1.37. The summed E-state index contributed by atoms with van der Waals surface area (Å²) in [4.78, 5) is 1.77. The Kier molecular flexibility index (Phi) is 5.50. The third-order valence-electron chi connectivity index (χ3n) is 2.48. The number of thiol groups is 1. The fraction of sp³-hybridized carbons (Fsp3) is 0.0714. The van der Waals surface area contributed by atoms with E-state index in [9.17, 15) is 0 Å². The third-order valence-corrected chi connectivity index (χ3v) is 4.62. The second-order valence-electron chi connectivity index (χ2n) is 3.84. The largest absolute Gasteiger partial charge is 0.376 e. The van der Waals surface area contributed by atoms with Gasteiger partial charge in [-0.3, -0.25) is 0 Å². The molecule has 0 radical (unpaired) electrons. The number of hydrogen-bond acceptors (Lipinski definition) is 4. The van der Waals surface area contributed by atoms with Gasteiger partial charge in [0.1, 0.15) is 0 Å². The smallest absolute Gasteiger partial charge is 0.0991 e. The van der Waals surface area contributed by atoms with E-state index in [1.165, 1.54) is 11.8 Å². The maximum atomic E-state index is 8.78. The summed E-state index contributed by atoms with van der Waals surface area (Å²) in [5.74, 6) is 0.509. The molecule has 0 bridgehead atoms. The number of hydrogen-bond donors (Lipinski definition) is 2. The summed E-state index contributed by atoms with van der Waals surface area (Å²) in [5, 5.41) is 13.0. The summed E-state index contributed by atoms with van der Waals surface area (Å²) in [5.41, 5.74) is 1.46. The van der Waals surface area contributed by atoms with Crippen molar-refractivity contribution in [3.05, 3.63) is 52.0 Å². The molecule has 0 aliphatic carbocycles. The van der Waals surface area contributed by atoms with Crippen molar-refractivity contribution in [1.29, 1.82) is 5.26 Å². The zero-order valence-corrected chi connectivity index (χ0v) is 13.5. The van der Waals surface area contributed by atoms with Crippen molar-refractivity contribution in [1.82, 2.24) is 0 Å². The van der Waals surface area contributed by atoms with Crippen LogP contribution in [-0.4, -0.2) is 5.88 Å². The second kappa shape index (κ2) is 7.14. The van der Waals surface area contributed by atoms with Gasteiger partial charge in [0.05, 0.1) is 27.6 Å². The molecule has 0 fully saturated rings. The molecule has 2 aromatic rings. The van der Waals surface area contributed by atoms with Gasteiger partial charge in [-0.25, -0.2) is 0 Å². The van der Waals surface area contributed by atoms with Crippen LogP contribution in [0.5, 0.6) is 0 Å². The van der Waals surface area contributed by atoms with Gasteiger partial charge >= 0.3 is 0 Å². The van der Waals surface area contributed by atoms with Crippen LogP contribution in [0.2, 0.25) is 10.0 Å². The summed E-state index contributed by atoms with van der Waals surface area (Å²) in [7, 11) is 0. The molecule has 0 atom stereocenters. The van der Waals surface area contributed by atoms with Crippen molar-refractivity contribution < 1.29 is 0 Å². The molecule has 102 valence electrons. The molecule has 0 aromatic heterocycles. The van der Waals surface area contributed by atoms with Crippen LogP contribution >= 0.6 is 47.6 Å². The van der Waals surface area contributed by atoms with Crippen LogP contribution in [0.4, 0.5) is 5.69 Å². The van der Waals surface area contributed by atoms with Gasteiger partial charge in [0.15, 0.2) is 0 Å². The van der Waals surface area contributed by atoms with E-state index < -0.39 is 0 Å². The summed E-state index contributed by atoms with van der Waals surface area (Å²) in [6, 6.07) is 13.0. The first kappa shape index (κ1) is 15.4. The number of nitriles is 1. The summed E-state index contributed by atoms with van der Waals surface area (Å²) in [6.45, 7) is 0. The molecule has 0 aliphatic heterocycles. The molecular formula is C14H10Cl2N2S2. The van der Waals surface area contributed by atoms with Gasteiger partial charge in [-0.2, -0.15) is 17.9 Å². The lowest BCUT2D eigenvalue weighted by atomic mass is 10.2. The van der Waals surface area contributed by atoms with E-state index in [0.29, 0.717) is 21.5 Å². The van der Waals surface area contributed by atoms with E-state index in [4.69, 9.17) is 28.5 Å². The minimum Gasteiger partial charge on any atom is -0.376 e. The van der Waals surface area contributed by atoms with Crippen LogP contribution in [0.25, 0.3) is 0 Å². The Morgan fingerprint density at radius 1 is 1.15 bits per heavy atom. The number of halogens is 2. The van der Waals surface area contributed by atoms with Crippen molar-refractivity contribution in [3.8, 4) is 6.07 Å².